The zero-order chi connectivity index (χ0) is 22.9. The summed E-state index contributed by atoms with van der Waals surface area (Å²) in [7, 11) is 1.13. The number of allylic oxidation sites excluding steroid dienone is 1. The van der Waals surface area contributed by atoms with E-state index in [-0.39, 0.29) is 6.04 Å². The topological polar surface area (TPSA) is 98.8 Å². The number of urea groups is 1. The summed E-state index contributed by atoms with van der Waals surface area (Å²) in [6, 6.07) is 1.31. The molecule has 0 aromatic carbocycles. The number of amides is 3. The smallest absolute Gasteiger partial charge is 0.382 e. The average Bonchev–Trinajstić information content (AvgIpc) is 3.17. The molecule has 0 radical (unpaired) electrons. The molecule has 32 heavy (non-hydrogen) atoms. The molecule has 2 unspecified atom stereocenters. The van der Waals surface area contributed by atoms with Gasteiger partial charge >= 0.3 is 12.2 Å². The van der Waals surface area contributed by atoms with Crippen LogP contribution in [0.3, 0.4) is 0 Å². The minimum atomic E-state index is -4.65. The molecule has 172 valence electrons. The van der Waals surface area contributed by atoms with Crippen molar-refractivity contribution >= 4 is 17.8 Å². The summed E-state index contributed by atoms with van der Waals surface area (Å²) in [6.07, 6.45) is 0.768. The Kier molecular flexibility index (Phi) is 5.96. The minimum Gasteiger partial charge on any atom is -0.382 e. The maximum Gasteiger partial charge on any atom is 0.410 e. The van der Waals surface area contributed by atoms with Crippen molar-refractivity contribution in [1.82, 2.24) is 25.4 Å². The van der Waals surface area contributed by atoms with Crippen LogP contribution in [0.25, 0.3) is 0 Å². The van der Waals surface area contributed by atoms with Crippen LogP contribution in [0.2, 0.25) is 0 Å². The molecule has 3 N–H and O–H groups in total. The lowest BCUT2D eigenvalue weighted by molar-refractivity contribution is -0.170. The first kappa shape index (κ1) is 21.9. The van der Waals surface area contributed by atoms with Gasteiger partial charge in [-0.15, -0.1) is 0 Å². The second-order valence-corrected chi connectivity index (χ2v) is 7.68. The summed E-state index contributed by atoms with van der Waals surface area (Å²) in [5.41, 5.74) is 0.711. The van der Waals surface area contributed by atoms with Gasteiger partial charge in [-0.1, -0.05) is 12.1 Å². The molecule has 12 heteroatoms. The van der Waals surface area contributed by atoms with Gasteiger partial charge in [-0.05, 0) is 24.6 Å². The number of halogens is 3. The van der Waals surface area contributed by atoms with Crippen LogP contribution >= 0.6 is 0 Å². The molecule has 3 amide bonds. The van der Waals surface area contributed by atoms with Crippen LogP contribution in [0.5, 0.6) is 0 Å². The lowest BCUT2D eigenvalue weighted by Crippen LogP contribution is -2.58. The maximum absolute atomic E-state index is 13.2. The molecule has 3 aliphatic heterocycles. The number of anilines is 1. The van der Waals surface area contributed by atoms with Gasteiger partial charge in [0.15, 0.2) is 0 Å². The number of nitrogens with one attached hydrogen (secondary N) is 3. The first-order valence-corrected chi connectivity index (χ1v) is 10.1. The van der Waals surface area contributed by atoms with Crippen molar-refractivity contribution in [2.45, 2.75) is 30.7 Å². The fraction of sp³-hybridized carbons (Fsp3) is 0.450. The molecule has 9 nitrogen and oxygen atoms in total. The average molecular weight is 452 g/mol. The van der Waals surface area contributed by atoms with E-state index in [1.165, 1.54) is 11.0 Å². The number of nitrogens with zero attached hydrogens (tertiary/aromatic N) is 3. The van der Waals surface area contributed by atoms with Crippen LogP contribution in [0.15, 0.2) is 48.1 Å². The fourth-order valence-electron chi connectivity index (χ4n) is 4.01. The Balaban J connectivity index is 1.53. The number of ether oxygens (including phenoxy) is 1. The molecule has 1 fully saturated rings. The number of dihydropyridines is 1. The molecule has 0 spiro atoms. The number of hydrogen-bond donors (Lipinski definition) is 3. The second-order valence-electron chi connectivity index (χ2n) is 7.68. The van der Waals surface area contributed by atoms with E-state index in [1.807, 2.05) is 5.32 Å². The van der Waals surface area contributed by atoms with Crippen LogP contribution in [0, 0.1) is 0 Å². The van der Waals surface area contributed by atoms with E-state index in [4.69, 9.17) is 0 Å². The Bertz CT molecular complexity index is 936. The Morgan fingerprint density at radius 1 is 1.38 bits per heavy atom. The fourth-order valence-corrected chi connectivity index (χ4v) is 4.01. The molecule has 2 bridgehead atoms. The summed E-state index contributed by atoms with van der Waals surface area (Å²) in [4.78, 5) is 33.4. The second kappa shape index (κ2) is 8.69. The third-order valence-corrected chi connectivity index (χ3v) is 5.54. The van der Waals surface area contributed by atoms with Gasteiger partial charge in [0.2, 0.25) is 5.91 Å². The normalized spacial score (nSPS) is 22.9. The number of carbonyl (C=O) groups is 2. The quantitative estimate of drug-likeness (QED) is 0.625. The maximum atomic E-state index is 13.2. The Morgan fingerprint density at radius 2 is 2.19 bits per heavy atom. The third kappa shape index (κ3) is 4.35. The van der Waals surface area contributed by atoms with Gasteiger partial charge in [-0.3, -0.25) is 15.0 Å². The molecular weight excluding hydrogens is 429 g/mol. The number of fused-ring (bicyclic) bond motifs is 3. The lowest BCUT2D eigenvalue weighted by Gasteiger charge is -2.41. The van der Waals surface area contributed by atoms with Crippen LogP contribution in [0.1, 0.15) is 6.42 Å². The number of aromatic nitrogens is 1. The molecule has 0 aliphatic carbocycles. The first-order chi connectivity index (χ1) is 15.3. The summed E-state index contributed by atoms with van der Waals surface area (Å²) in [6.45, 7) is 0.652. The highest BCUT2D eigenvalue weighted by molar-refractivity contribution is 5.91. The highest BCUT2D eigenvalue weighted by atomic mass is 19.4. The number of carbonyl (C=O) groups excluding carboxylic acids is 2. The number of pyridine rings is 1. The van der Waals surface area contributed by atoms with Gasteiger partial charge in [0.1, 0.15) is 23.7 Å². The summed E-state index contributed by atoms with van der Waals surface area (Å²) < 4.78 is 44.1. The van der Waals surface area contributed by atoms with Gasteiger partial charge in [-0.2, -0.15) is 13.2 Å². The van der Waals surface area contributed by atoms with Gasteiger partial charge in [0, 0.05) is 26.4 Å². The Labute approximate surface area is 182 Å². The summed E-state index contributed by atoms with van der Waals surface area (Å²) >= 11 is 0. The molecule has 3 atom stereocenters. The van der Waals surface area contributed by atoms with Crippen molar-refractivity contribution in [3.05, 3.63) is 48.1 Å². The first-order valence-electron chi connectivity index (χ1n) is 10.1. The van der Waals surface area contributed by atoms with E-state index in [0.717, 1.165) is 20.1 Å². The van der Waals surface area contributed by atoms with Gasteiger partial charge in [0.25, 0.3) is 0 Å². The molecule has 3 aliphatic rings. The predicted octanol–water partition coefficient (Wildman–Crippen LogP) is 1.39. The molecule has 0 saturated carbocycles. The molecule has 1 saturated heterocycles. The third-order valence-electron chi connectivity index (χ3n) is 5.54. The predicted molar refractivity (Wildman–Crippen MR) is 108 cm³/mol. The largest absolute Gasteiger partial charge is 0.410 e. The SMILES string of the molecule is COCC(NC(=O)C1C=CC2=C(N1)N(C(=O)Nc1ccccn1)[C@H]1CCN2C1)C(F)(F)F. The van der Waals surface area contributed by atoms with Crippen LogP contribution < -0.4 is 16.0 Å². The van der Waals surface area contributed by atoms with Crippen molar-refractivity contribution in [1.29, 1.82) is 0 Å². The van der Waals surface area contributed by atoms with Crippen LogP contribution in [0.4, 0.5) is 23.8 Å². The summed E-state index contributed by atoms with van der Waals surface area (Å²) in [5.74, 6) is -0.122. The van der Waals surface area contributed by atoms with Crippen molar-refractivity contribution < 1.29 is 27.5 Å². The van der Waals surface area contributed by atoms with E-state index in [1.54, 1.807) is 30.5 Å². The minimum absolute atomic E-state index is 0.142. The molecule has 4 rings (SSSR count). The van der Waals surface area contributed by atoms with E-state index in [0.29, 0.717) is 23.9 Å². The Hall–Kier alpha value is -3.28. The highest BCUT2D eigenvalue weighted by Crippen LogP contribution is 2.33. The zero-order valence-electron chi connectivity index (χ0n) is 17.2. The highest BCUT2D eigenvalue weighted by Gasteiger charge is 2.44. The van der Waals surface area contributed by atoms with Gasteiger partial charge in [-0.25, -0.2) is 9.78 Å². The molecule has 1 aromatic rings. The number of hydrogen-bond acceptors (Lipinski definition) is 6. The zero-order valence-corrected chi connectivity index (χ0v) is 17.2. The number of rotatable bonds is 5. The van der Waals surface area contributed by atoms with Crippen LogP contribution in [-0.2, 0) is 9.53 Å². The van der Waals surface area contributed by atoms with Crippen molar-refractivity contribution in [3.8, 4) is 0 Å². The van der Waals surface area contributed by atoms with Gasteiger partial charge < -0.3 is 20.3 Å². The van der Waals surface area contributed by atoms with Crippen molar-refractivity contribution in [2.24, 2.45) is 0 Å². The van der Waals surface area contributed by atoms with E-state index in [9.17, 15) is 22.8 Å². The van der Waals surface area contributed by atoms with Crippen molar-refractivity contribution in [3.63, 3.8) is 0 Å². The number of alkyl halides is 3. The van der Waals surface area contributed by atoms with Gasteiger partial charge in [0.05, 0.1) is 18.3 Å². The van der Waals surface area contributed by atoms with Crippen molar-refractivity contribution in [2.75, 3.05) is 32.1 Å². The summed E-state index contributed by atoms with van der Waals surface area (Å²) in [5, 5.41) is 7.66. The van der Waals surface area contributed by atoms with E-state index < -0.39 is 36.8 Å². The monoisotopic (exact) mass is 452 g/mol. The van der Waals surface area contributed by atoms with E-state index >= 15 is 0 Å². The molecule has 4 heterocycles. The van der Waals surface area contributed by atoms with Crippen LogP contribution in [-0.4, -0.2) is 77.8 Å². The number of methoxy groups -OCH3 is 1. The molecule has 1 aromatic heterocycles. The lowest BCUT2D eigenvalue weighted by atomic mass is 10.1. The Morgan fingerprint density at radius 3 is 2.88 bits per heavy atom. The van der Waals surface area contributed by atoms with E-state index in [2.05, 4.69) is 25.3 Å². The standard InChI is InChI=1S/C20H23F3N6O3/c1-32-11-15(20(21,22)23)26-18(30)13-5-6-14-17(25-13)29(12-7-9-28(14)10-12)19(31)27-16-4-2-3-8-24-16/h2-6,8,12-13,15,25H,7,9-11H2,1H3,(H,26,30)(H,24,27,31)/t12-,13?,15?/m0/s1. The molecular formula is C20H23F3N6O3.